The van der Waals surface area contributed by atoms with Gasteiger partial charge in [-0.25, -0.2) is 0 Å². The Kier molecular flexibility index (Phi) is 35.5. The third-order valence-electron chi connectivity index (χ3n) is 9.18. The van der Waals surface area contributed by atoms with E-state index in [0.29, 0.717) is 13.0 Å². The maximum atomic E-state index is 9.42. The Morgan fingerprint density at radius 3 is 1.22 bits per heavy atom. The van der Waals surface area contributed by atoms with Crippen molar-refractivity contribution in [2.45, 2.75) is 199 Å². The molecule has 0 aromatic rings. The number of ether oxygens (including phenoxy) is 2. The molecule has 1 aliphatic rings. The summed E-state index contributed by atoms with van der Waals surface area (Å²) in [6, 6.07) is 0. The zero-order valence-electron chi connectivity index (χ0n) is 30.7. The lowest BCUT2D eigenvalue weighted by Gasteiger charge is -2.28. The predicted molar refractivity (Wildman–Crippen MR) is 216 cm³/mol. The Morgan fingerprint density at radius 1 is 0.500 bits per heavy atom. The molecule has 1 N–H and O–H groups in total. The highest BCUT2D eigenvalue weighted by Gasteiger charge is 2.40. The summed E-state index contributed by atoms with van der Waals surface area (Å²) in [4.78, 5) is 0. The lowest BCUT2D eigenvalue weighted by Crippen LogP contribution is -2.31. The minimum absolute atomic E-state index is 0.0768. The molecule has 1 heterocycles. The molecule has 0 aromatic carbocycles. The minimum Gasteiger partial charge on any atom is -0.396 e. The van der Waals surface area contributed by atoms with Gasteiger partial charge in [-0.1, -0.05) is 129 Å². The van der Waals surface area contributed by atoms with E-state index in [9.17, 15) is 5.11 Å². The molecule has 1 unspecified atom stereocenters. The summed E-state index contributed by atoms with van der Waals surface area (Å²) in [6.07, 6.45) is 35.6. The fourth-order valence-electron chi connectivity index (χ4n) is 6.22. The number of hydrogen-bond donors (Lipinski definition) is 1. The maximum absolute atomic E-state index is 9.42. The number of hydrogen-bond acceptors (Lipinski definition) is 7. The summed E-state index contributed by atoms with van der Waals surface area (Å²) in [6.45, 7) is 5.43. The second-order valence-corrected chi connectivity index (χ2v) is 18.8. The van der Waals surface area contributed by atoms with Crippen molar-refractivity contribution >= 4 is 47.0 Å². The van der Waals surface area contributed by atoms with Gasteiger partial charge >= 0.3 is 0 Å². The van der Waals surface area contributed by atoms with Crippen LogP contribution in [0.4, 0.5) is 0 Å². The summed E-state index contributed by atoms with van der Waals surface area (Å²) < 4.78 is 12.8. The fraction of sp³-hybridized carbons (Fsp3) is 1.00. The molecule has 1 aliphatic heterocycles. The molecule has 0 radical (unpaired) electrons. The Balaban J connectivity index is 1.98. The van der Waals surface area contributed by atoms with E-state index in [2.05, 4.69) is 60.9 Å². The average Bonchev–Trinajstić information content (AvgIpc) is 3.46. The summed E-state index contributed by atoms with van der Waals surface area (Å²) in [7, 11) is 0. The van der Waals surface area contributed by atoms with Crippen LogP contribution in [0.5, 0.6) is 0 Å². The third-order valence-corrected chi connectivity index (χ3v) is 14.2. The molecule has 3 nitrogen and oxygen atoms in total. The van der Waals surface area contributed by atoms with Crippen molar-refractivity contribution in [3.8, 4) is 0 Å². The molecule has 0 amide bonds. The van der Waals surface area contributed by atoms with Crippen molar-refractivity contribution in [2.75, 3.05) is 46.4 Å². The smallest absolute Gasteiger partial charge is 0.168 e. The second kappa shape index (κ2) is 36.1. The first-order valence-corrected chi connectivity index (χ1v) is 24.6. The first-order chi connectivity index (χ1) is 22.8. The molecule has 0 saturated carbocycles. The van der Waals surface area contributed by atoms with Crippen LogP contribution in [0.1, 0.15) is 187 Å². The highest BCUT2D eigenvalue weighted by Crippen LogP contribution is 2.35. The van der Waals surface area contributed by atoms with Crippen molar-refractivity contribution in [3.05, 3.63) is 0 Å². The Hall–Kier alpha value is 1.28. The van der Waals surface area contributed by atoms with Gasteiger partial charge in [-0.05, 0) is 68.0 Å². The minimum atomic E-state index is -0.381. The van der Waals surface area contributed by atoms with E-state index in [4.69, 9.17) is 9.47 Å². The second-order valence-electron chi connectivity index (χ2n) is 13.6. The molecule has 0 spiro atoms. The molecule has 1 fully saturated rings. The van der Waals surface area contributed by atoms with Gasteiger partial charge in [-0.3, -0.25) is 0 Å². The highest BCUT2D eigenvalue weighted by atomic mass is 32.2. The molecule has 0 aromatic heterocycles. The van der Waals surface area contributed by atoms with Gasteiger partial charge in [0.2, 0.25) is 0 Å². The van der Waals surface area contributed by atoms with E-state index in [1.165, 1.54) is 187 Å². The standard InChI is InChI=1S/C39H78O3S4/c1-3-5-7-9-17-23-31-43-36-45-33-25-19-13-11-15-21-28-39(41-35-38(42-39)27-30-40)29-22-16-12-14-20-26-34-46-37-44-32-24-18-10-8-6-4-2/h38,40H,3-37H2,1-2H3. The first-order valence-electron chi connectivity index (χ1n) is 20.0. The van der Waals surface area contributed by atoms with Crippen molar-refractivity contribution in [3.63, 3.8) is 0 Å². The van der Waals surface area contributed by atoms with Crippen LogP contribution < -0.4 is 0 Å². The van der Waals surface area contributed by atoms with Crippen molar-refractivity contribution in [1.29, 1.82) is 0 Å². The summed E-state index contributed by atoms with van der Waals surface area (Å²) in [5, 5.41) is 12.0. The van der Waals surface area contributed by atoms with Gasteiger partial charge in [0.25, 0.3) is 0 Å². The zero-order valence-corrected chi connectivity index (χ0v) is 34.0. The molecule has 276 valence electrons. The van der Waals surface area contributed by atoms with E-state index in [0.717, 1.165) is 12.8 Å². The molecule has 1 atom stereocenters. The van der Waals surface area contributed by atoms with Crippen LogP contribution in [0.15, 0.2) is 0 Å². The van der Waals surface area contributed by atoms with Crippen LogP contribution >= 0.6 is 47.0 Å². The van der Waals surface area contributed by atoms with Crippen LogP contribution in [0.3, 0.4) is 0 Å². The van der Waals surface area contributed by atoms with Gasteiger partial charge in [0, 0.05) is 29.6 Å². The van der Waals surface area contributed by atoms with Gasteiger partial charge < -0.3 is 14.6 Å². The van der Waals surface area contributed by atoms with Gasteiger partial charge in [-0.2, -0.15) is 47.0 Å². The van der Waals surface area contributed by atoms with Crippen LogP contribution in [0.2, 0.25) is 0 Å². The van der Waals surface area contributed by atoms with Crippen LogP contribution in [0.25, 0.3) is 0 Å². The summed E-state index contributed by atoms with van der Waals surface area (Å²) >= 11 is 8.59. The molecular formula is C39H78O3S4. The van der Waals surface area contributed by atoms with Gasteiger partial charge in [0.15, 0.2) is 5.79 Å². The normalized spacial score (nSPS) is 16.1. The third kappa shape index (κ3) is 29.1. The predicted octanol–water partition coefficient (Wildman–Crippen LogP) is 13.5. The average molecular weight is 723 g/mol. The first kappa shape index (κ1) is 45.3. The number of unbranched alkanes of at least 4 members (excludes halogenated alkanes) is 20. The maximum Gasteiger partial charge on any atom is 0.168 e. The summed E-state index contributed by atoms with van der Waals surface area (Å²) in [5.74, 6) is 4.99. The lowest BCUT2D eigenvalue weighted by atomic mass is 9.99. The Bertz CT molecular complexity index is 560. The SMILES string of the molecule is CCCCCCCCSCSCCCCCCCCC1(CCCCCCCCSCSCCCCCCCC)OCC(CCO)O1. The monoisotopic (exact) mass is 722 g/mol. The van der Waals surface area contributed by atoms with Crippen LogP contribution in [-0.4, -0.2) is 63.4 Å². The highest BCUT2D eigenvalue weighted by molar-refractivity contribution is 8.16. The lowest BCUT2D eigenvalue weighted by molar-refractivity contribution is -0.180. The quantitative estimate of drug-likeness (QED) is 0.0502. The van der Waals surface area contributed by atoms with Crippen molar-refractivity contribution in [1.82, 2.24) is 0 Å². The molecule has 46 heavy (non-hydrogen) atoms. The zero-order chi connectivity index (χ0) is 33.1. The van der Waals surface area contributed by atoms with Crippen LogP contribution in [-0.2, 0) is 9.47 Å². The van der Waals surface area contributed by atoms with Gasteiger partial charge in [0.05, 0.1) is 12.7 Å². The molecule has 0 aliphatic carbocycles. The van der Waals surface area contributed by atoms with Crippen LogP contribution in [0, 0.1) is 0 Å². The van der Waals surface area contributed by atoms with E-state index in [-0.39, 0.29) is 18.5 Å². The molecule has 0 bridgehead atoms. The number of rotatable bonds is 38. The van der Waals surface area contributed by atoms with Crippen molar-refractivity contribution in [2.24, 2.45) is 0 Å². The largest absolute Gasteiger partial charge is 0.396 e. The molecule has 1 rings (SSSR count). The topological polar surface area (TPSA) is 38.7 Å². The number of aliphatic hydroxyl groups is 1. The van der Waals surface area contributed by atoms with E-state index >= 15 is 0 Å². The number of thioether (sulfide) groups is 4. The van der Waals surface area contributed by atoms with E-state index in [1.807, 2.05) is 0 Å². The Morgan fingerprint density at radius 2 is 0.848 bits per heavy atom. The summed E-state index contributed by atoms with van der Waals surface area (Å²) in [5.41, 5.74) is 0. The molecule has 7 heteroatoms. The fourth-order valence-corrected chi connectivity index (χ4v) is 10.7. The number of aliphatic hydroxyl groups excluding tert-OH is 1. The van der Waals surface area contributed by atoms with Gasteiger partial charge in [-0.15, -0.1) is 0 Å². The molecule has 1 saturated heterocycles. The molecular weight excluding hydrogens is 645 g/mol. The van der Waals surface area contributed by atoms with Gasteiger partial charge in [0.1, 0.15) is 0 Å². The van der Waals surface area contributed by atoms with Crippen molar-refractivity contribution < 1.29 is 14.6 Å². The Labute approximate surface area is 305 Å². The van der Waals surface area contributed by atoms with E-state index < -0.39 is 0 Å². The van der Waals surface area contributed by atoms with E-state index in [1.54, 1.807) is 0 Å².